The minimum absolute atomic E-state index is 0.0181. The minimum Gasteiger partial charge on any atom is -0.353 e. The molecule has 5 rings (SSSR count). The average Bonchev–Trinajstić information content (AvgIpc) is 3.35. The third-order valence-electron chi connectivity index (χ3n) is 6.98. The molecule has 9 nitrogen and oxygen atoms in total. The fourth-order valence-corrected chi connectivity index (χ4v) is 5.92. The van der Waals surface area contributed by atoms with Gasteiger partial charge in [0.1, 0.15) is 16.8 Å². The molecular formula is C25H29ClFN5O4S. The Morgan fingerprint density at radius 1 is 1.11 bits per heavy atom. The van der Waals surface area contributed by atoms with E-state index in [1.165, 1.54) is 36.0 Å². The molecule has 1 aromatic carbocycles. The molecule has 3 aliphatic rings. The summed E-state index contributed by atoms with van der Waals surface area (Å²) in [6.45, 7) is 5.99. The third kappa shape index (κ3) is 6.00. The number of amides is 2. The fourth-order valence-electron chi connectivity index (χ4n) is 4.94. The summed E-state index contributed by atoms with van der Waals surface area (Å²) in [5.41, 5.74) is 0.460. The van der Waals surface area contributed by atoms with Crippen LogP contribution in [0.25, 0.3) is 0 Å². The van der Waals surface area contributed by atoms with E-state index in [1.54, 1.807) is 11.0 Å². The van der Waals surface area contributed by atoms with Gasteiger partial charge in [-0.1, -0.05) is 23.4 Å². The lowest BCUT2D eigenvalue weighted by atomic mass is 10.0. The SMILES string of the molecule is CC1CN(c2cc(Cl)nc(SCC(=O)N3CCC4(CC3)OCCO4)n2)CCN1C(=O)c1ccc(F)cc1. The van der Waals surface area contributed by atoms with Gasteiger partial charge in [-0.2, -0.15) is 0 Å². The van der Waals surface area contributed by atoms with Gasteiger partial charge in [0.25, 0.3) is 5.91 Å². The van der Waals surface area contributed by atoms with E-state index in [1.807, 2.05) is 11.8 Å². The van der Waals surface area contributed by atoms with Gasteiger partial charge in [0, 0.05) is 63.2 Å². The van der Waals surface area contributed by atoms with E-state index in [0.717, 1.165) is 0 Å². The zero-order chi connectivity index (χ0) is 26.0. The fraction of sp³-hybridized carbons (Fsp3) is 0.520. The zero-order valence-corrected chi connectivity index (χ0v) is 22.1. The Balaban J connectivity index is 1.16. The Bertz CT molecular complexity index is 1140. The number of hydrogen-bond donors (Lipinski definition) is 0. The number of carbonyl (C=O) groups excluding carboxylic acids is 2. The second-order valence-corrected chi connectivity index (χ2v) is 10.7. The number of rotatable bonds is 5. The van der Waals surface area contributed by atoms with Crippen LogP contribution in [0.1, 0.15) is 30.1 Å². The molecule has 1 atom stereocenters. The summed E-state index contributed by atoms with van der Waals surface area (Å²) in [6, 6.07) is 7.20. The Hall–Kier alpha value is -2.47. The van der Waals surface area contributed by atoms with E-state index >= 15 is 0 Å². The van der Waals surface area contributed by atoms with Crippen LogP contribution in [-0.2, 0) is 14.3 Å². The van der Waals surface area contributed by atoms with Crippen molar-refractivity contribution in [2.24, 2.45) is 0 Å². The lowest BCUT2D eigenvalue weighted by Gasteiger charge is -2.40. The highest BCUT2D eigenvalue weighted by molar-refractivity contribution is 7.99. The Labute approximate surface area is 224 Å². The molecule has 198 valence electrons. The predicted molar refractivity (Wildman–Crippen MR) is 137 cm³/mol. The quantitative estimate of drug-likeness (QED) is 0.319. The van der Waals surface area contributed by atoms with Crippen LogP contribution in [0.2, 0.25) is 5.15 Å². The van der Waals surface area contributed by atoms with Gasteiger partial charge in [0.05, 0.1) is 19.0 Å². The van der Waals surface area contributed by atoms with Crippen molar-refractivity contribution in [2.75, 3.05) is 56.6 Å². The molecular weight excluding hydrogens is 521 g/mol. The molecule has 0 saturated carbocycles. The number of benzene rings is 1. The number of piperidine rings is 1. The molecule has 3 saturated heterocycles. The normalized spacial score (nSPS) is 21.5. The van der Waals surface area contributed by atoms with E-state index in [4.69, 9.17) is 21.1 Å². The van der Waals surface area contributed by atoms with E-state index in [2.05, 4.69) is 14.9 Å². The first kappa shape index (κ1) is 26.1. The molecule has 0 radical (unpaired) electrons. The molecule has 1 aromatic heterocycles. The van der Waals surface area contributed by atoms with Crippen LogP contribution in [-0.4, -0.2) is 95.1 Å². The number of ether oxygens (including phenoxy) is 2. The van der Waals surface area contributed by atoms with Gasteiger partial charge >= 0.3 is 0 Å². The van der Waals surface area contributed by atoms with E-state index in [0.29, 0.717) is 80.5 Å². The molecule has 2 aromatic rings. The first-order chi connectivity index (χ1) is 17.8. The molecule has 37 heavy (non-hydrogen) atoms. The highest BCUT2D eigenvalue weighted by Crippen LogP contribution is 2.32. The van der Waals surface area contributed by atoms with Crippen LogP contribution >= 0.6 is 23.4 Å². The first-order valence-corrected chi connectivity index (χ1v) is 13.7. The zero-order valence-electron chi connectivity index (χ0n) is 20.6. The topological polar surface area (TPSA) is 88.1 Å². The van der Waals surface area contributed by atoms with Crippen LogP contribution < -0.4 is 4.90 Å². The molecule has 0 aliphatic carbocycles. The van der Waals surface area contributed by atoms with E-state index in [-0.39, 0.29) is 29.4 Å². The monoisotopic (exact) mass is 549 g/mol. The smallest absolute Gasteiger partial charge is 0.254 e. The summed E-state index contributed by atoms with van der Waals surface area (Å²) in [5, 5.41) is 0.733. The number of hydrogen-bond acceptors (Lipinski definition) is 8. The second kappa shape index (κ2) is 11.1. The van der Waals surface area contributed by atoms with Gasteiger partial charge in [-0.15, -0.1) is 0 Å². The number of aromatic nitrogens is 2. The molecule has 12 heteroatoms. The summed E-state index contributed by atoms with van der Waals surface area (Å²) in [5.74, 6) is -0.124. The number of thioether (sulfide) groups is 1. The summed E-state index contributed by atoms with van der Waals surface area (Å²) >= 11 is 7.56. The maximum absolute atomic E-state index is 13.2. The van der Waals surface area contributed by atoms with Crippen molar-refractivity contribution in [3.05, 3.63) is 46.9 Å². The van der Waals surface area contributed by atoms with Crippen molar-refractivity contribution in [1.29, 1.82) is 0 Å². The van der Waals surface area contributed by atoms with Crippen LogP contribution in [0.3, 0.4) is 0 Å². The number of likely N-dealkylation sites (tertiary alicyclic amines) is 1. The number of halogens is 2. The predicted octanol–water partition coefficient (Wildman–Crippen LogP) is 3.08. The van der Waals surface area contributed by atoms with Gasteiger partial charge in [-0.3, -0.25) is 9.59 Å². The highest BCUT2D eigenvalue weighted by atomic mass is 35.5. The Morgan fingerprint density at radius 2 is 1.81 bits per heavy atom. The minimum atomic E-state index is -0.514. The summed E-state index contributed by atoms with van der Waals surface area (Å²) in [7, 11) is 0. The molecule has 3 aliphatic heterocycles. The summed E-state index contributed by atoms with van der Waals surface area (Å²) < 4.78 is 24.7. The van der Waals surface area contributed by atoms with Crippen molar-refractivity contribution >= 4 is 41.0 Å². The van der Waals surface area contributed by atoms with Gasteiger partial charge in [-0.05, 0) is 31.2 Å². The van der Waals surface area contributed by atoms with Crippen molar-refractivity contribution in [3.8, 4) is 0 Å². The van der Waals surface area contributed by atoms with Crippen molar-refractivity contribution in [2.45, 2.75) is 36.8 Å². The third-order valence-corrected chi connectivity index (χ3v) is 8.01. The molecule has 2 amide bonds. The van der Waals surface area contributed by atoms with Crippen LogP contribution in [0.4, 0.5) is 10.2 Å². The maximum Gasteiger partial charge on any atom is 0.254 e. The highest BCUT2D eigenvalue weighted by Gasteiger charge is 2.40. The lowest BCUT2D eigenvalue weighted by Crippen LogP contribution is -2.54. The van der Waals surface area contributed by atoms with E-state index in [9.17, 15) is 14.0 Å². The van der Waals surface area contributed by atoms with Crippen LogP contribution in [0, 0.1) is 5.82 Å². The number of nitrogens with zero attached hydrogens (tertiary/aromatic N) is 5. The van der Waals surface area contributed by atoms with Gasteiger partial charge < -0.3 is 24.2 Å². The number of anilines is 1. The van der Waals surface area contributed by atoms with Gasteiger partial charge in [0.15, 0.2) is 10.9 Å². The average molecular weight is 550 g/mol. The Kier molecular flexibility index (Phi) is 7.85. The van der Waals surface area contributed by atoms with Crippen LogP contribution in [0.5, 0.6) is 0 Å². The molecule has 4 heterocycles. The largest absolute Gasteiger partial charge is 0.353 e. The van der Waals surface area contributed by atoms with Crippen molar-refractivity contribution in [3.63, 3.8) is 0 Å². The van der Waals surface area contributed by atoms with E-state index < -0.39 is 5.79 Å². The van der Waals surface area contributed by atoms with Crippen molar-refractivity contribution < 1.29 is 23.5 Å². The standard InChI is InChI=1S/C25H29ClFN5O4S/c1-17-15-31(10-11-32(17)23(34)18-2-4-19(27)5-3-18)21-14-20(26)28-24(29-21)37-16-22(33)30-8-6-25(7-9-30)35-12-13-36-25/h2-5,14,17H,6-13,15-16H2,1H3. The molecule has 1 spiro atoms. The first-order valence-electron chi connectivity index (χ1n) is 12.4. The lowest BCUT2D eigenvalue weighted by molar-refractivity contribution is -0.186. The second-order valence-electron chi connectivity index (χ2n) is 9.41. The van der Waals surface area contributed by atoms with Crippen molar-refractivity contribution in [1.82, 2.24) is 19.8 Å². The molecule has 1 unspecified atom stereocenters. The summed E-state index contributed by atoms with van der Waals surface area (Å²) in [6.07, 6.45) is 1.35. The molecule has 0 bridgehead atoms. The van der Waals surface area contributed by atoms with Gasteiger partial charge in [0.2, 0.25) is 5.91 Å². The molecule has 3 fully saturated rings. The molecule has 0 N–H and O–H groups in total. The van der Waals surface area contributed by atoms with Gasteiger partial charge in [-0.25, -0.2) is 14.4 Å². The Morgan fingerprint density at radius 3 is 2.49 bits per heavy atom. The number of carbonyl (C=O) groups is 2. The number of piperazine rings is 1. The summed E-state index contributed by atoms with van der Waals surface area (Å²) in [4.78, 5) is 40.3. The van der Waals surface area contributed by atoms with Crippen LogP contribution in [0.15, 0.2) is 35.5 Å². The maximum atomic E-state index is 13.2.